The molecule has 0 spiro atoms. The maximum Gasteiger partial charge on any atom is 0.249 e. The number of ether oxygens (including phenoxy) is 2. The van der Waals surface area contributed by atoms with Crippen LogP contribution in [0.25, 0.3) is 0 Å². The summed E-state index contributed by atoms with van der Waals surface area (Å²) in [6, 6.07) is 9.32. The molecule has 0 unspecified atom stereocenters. The predicted octanol–water partition coefficient (Wildman–Crippen LogP) is 1.43. The zero-order valence-electron chi connectivity index (χ0n) is 15.0. The van der Waals surface area contributed by atoms with Gasteiger partial charge in [-0.15, -0.1) is 0 Å². The number of rotatable bonds is 11. The molecule has 2 amide bonds. The Morgan fingerprint density at radius 1 is 1.16 bits per heavy atom. The van der Waals surface area contributed by atoms with Gasteiger partial charge in [-0.05, 0) is 32.3 Å². The summed E-state index contributed by atoms with van der Waals surface area (Å²) in [5.74, 6) is -0.426. The van der Waals surface area contributed by atoms with Gasteiger partial charge in [0.15, 0.2) is 0 Å². The van der Waals surface area contributed by atoms with Crippen molar-refractivity contribution in [1.29, 1.82) is 0 Å². The average molecular weight is 348 g/mol. The van der Waals surface area contributed by atoms with E-state index in [1.54, 1.807) is 6.92 Å². The Hall–Kier alpha value is -1.92. The minimum Gasteiger partial charge on any atom is -0.379 e. The Bertz CT molecular complexity index is 546. The molecule has 0 heterocycles. The average Bonchev–Trinajstić information content (AvgIpc) is 3.42. The SMILES string of the molecule is CCOCCO[C@@H](C)C(=O)N[C@H](Cc1ccccc1)C(=O)NC1CC1. The van der Waals surface area contributed by atoms with Gasteiger partial charge in [0.1, 0.15) is 12.1 Å². The van der Waals surface area contributed by atoms with Crippen molar-refractivity contribution in [3.05, 3.63) is 35.9 Å². The Kier molecular flexibility index (Phi) is 7.88. The van der Waals surface area contributed by atoms with E-state index in [0.717, 1.165) is 18.4 Å². The van der Waals surface area contributed by atoms with Crippen molar-refractivity contribution in [3.8, 4) is 0 Å². The molecule has 0 bridgehead atoms. The monoisotopic (exact) mass is 348 g/mol. The summed E-state index contributed by atoms with van der Waals surface area (Å²) in [7, 11) is 0. The smallest absolute Gasteiger partial charge is 0.249 e. The van der Waals surface area contributed by atoms with Crippen LogP contribution >= 0.6 is 0 Å². The van der Waals surface area contributed by atoms with Gasteiger partial charge in [-0.1, -0.05) is 30.3 Å². The van der Waals surface area contributed by atoms with Gasteiger partial charge in [0.25, 0.3) is 0 Å². The fraction of sp³-hybridized carbons (Fsp3) is 0.579. The third-order valence-electron chi connectivity index (χ3n) is 4.01. The lowest BCUT2D eigenvalue weighted by molar-refractivity contribution is -0.136. The van der Waals surface area contributed by atoms with E-state index in [9.17, 15) is 9.59 Å². The first-order valence-corrected chi connectivity index (χ1v) is 8.94. The molecular weight excluding hydrogens is 320 g/mol. The molecule has 0 saturated heterocycles. The Morgan fingerprint density at radius 2 is 1.88 bits per heavy atom. The molecule has 6 heteroatoms. The Morgan fingerprint density at radius 3 is 2.52 bits per heavy atom. The summed E-state index contributed by atoms with van der Waals surface area (Å²) in [6.45, 7) is 5.00. The van der Waals surface area contributed by atoms with Crippen LogP contribution in [0, 0.1) is 0 Å². The number of hydrogen-bond donors (Lipinski definition) is 2. The molecule has 1 aromatic rings. The largest absolute Gasteiger partial charge is 0.379 e. The number of carbonyl (C=O) groups excluding carboxylic acids is 2. The predicted molar refractivity (Wildman–Crippen MR) is 95.1 cm³/mol. The summed E-state index contributed by atoms with van der Waals surface area (Å²) >= 11 is 0. The third kappa shape index (κ3) is 7.23. The van der Waals surface area contributed by atoms with Crippen molar-refractivity contribution in [2.75, 3.05) is 19.8 Å². The van der Waals surface area contributed by atoms with E-state index in [-0.39, 0.29) is 17.9 Å². The van der Waals surface area contributed by atoms with Crippen molar-refractivity contribution in [2.45, 2.75) is 51.3 Å². The van der Waals surface area contributed by atoms with Crippen LogP contribution in [0.4, 0.5) is 0 Å². The quantitative estimate of drug-likeness (QED) is 0.593. The van der Waals surface area contributed by atoms with Crippen molar-refractivity contribution in [2.24, 2.45) is 0 Å². The molecule has 2 rings (SSSR count). The summed E-state index contributed by atoms with van der Waals surface area (Å²) in [4.78, 5) is 24.8. The highest BCUT2D eigenvalue weighted by molar-refractivity contribution is 5.89. The van der Waals surface area contributed by atoms with Crippen LogP contribution in [0.1, 0.15) is 32.3 Å². The third-order valence-corrected chi connectivity index (χ3v) is 4.01. The molecule has 2 N–H and O–H groups in total. The topological polar surface area (TPSA) is 76.7 Å². The number of benzene rings is 1. The summed E-state index contributed by atoms with van der Waals surface area (Å²) in [6.07, 6.45) is 1.84. The molecular formula is C19H28N2O4. The molecule has 1 fully saturated rings. The van der Waals surface area contributed by atoms with Crippen molar-refractivity contribution < 1.29 is 19.1 Å². The number of carbonyl (C=O) groups is 2. The van der Waals surface area contributed by atoms with Crippen LogP contribution in [0.3, 0.4) is 0 Å². The highest BCUT2D eigenvalue weighted by atomic mass is 16.5. The second kappa shape index (κ2) is 10.2. The van der Waals surface area contributed by atoms with E-state index in [2.05, 4.69) is 10.6 Å². The van der Waals surface area contributed by atoms with Crippen LogP contribution in [-0.2, 0) is 25.5 Å². The molecule has 6 nitrogen and oxygen atoms in total. The maximum absolute atomic E-state index is 12.5. The fourth-order valence-corrected chi connectivity index (χ4v) is 2.38. The van der Waals surface area contributed by atoms with Crippen LogP contribution in [0.5, 0.6) is 0 Å². The van der Waals surface area contributed by atoms with Crippen LogP contribution in [-0.4, -0.2) is 49.8 Å². The minimum atomic E-state index is -0.632. The number of nitrogens with one attached hydrogen (secondary N) is 2. The summed E-state index contributed by atoms with van der Waals surface area (Å²) < 4.78 is 10.7. The van der Waals surface area contributed by atoms with Gasteiger partial charge in [-0.2, -0.15) is 0 Å². The second-order valence-electron chi connectivity index (χ2n) is 6.24. The minimum absolute atomic E-state index is 0.138. The summed E-state index contributed by atoms with van der Waals surface area (Å²) in [5.41, 5.74) is 1.00. The highest BCUT2D eigenvalue weighted by Gasteiger charge is 2.29. The van der Waals surface area contributed by atoms with Crippen molar-refractivity contribution in [1.82, 2.24) is 10.6 Å². The normalized spacial score (nSPS) is 16.1. The molecule has 138 valence electrons. The van der Waals surface area contributed by atoms with E-state index in [4.69, 9.17) is 9.47 Å². The van der Waals surface area contributed by atoms with Crippen LogP contribution in [0.2, 0.25) is 0 Å². The summed E-state index contributed by atoms with van der Waals surface area (Å²) in [5, 5.41) is 5.79. The molecule has 1 aliphatic rings. The highest BCUT2D eigenvalue weighted by Crippen LogP contribution is 2.19. The Labute approximate surface area is 149 Å². The van der Waals surface area contributed by atoms with E-state index >= 15 is 0 Å². The number of amides is 2. The first-order valence-electron chi connectivity index (χ1n) is 8.94. The molecule has 2 atom stereocenters. The fourth-order valence-electron chi connectivity index (χ4n) is 2.38. The van der Waals surface area contributed by atoms with Gasteiger partial charge in [-0.3, -0.25) is 9.59 Å². The lowest BCUT2D eigenvalue weighted by atomic mass is 10.0. The van der Waals surface area contributed by atoms with Gasteiger partial charge in [0.2, 0.25) is 11.8 Å². The lowest BCUT2D eigenvalue weighted by Crippen LogP contribution is -2.51. The van der Waals surface area contributed by atoms with Gasteiger partial charge in [0.05, 0.1) is 13.2 Å². The molecule has 1 aliphatic carbocycles. The van der Waals surface area contributed by atoms with E-state index in [1.165, 1.54) is 0 Å². The Balaban J connectivity index is 1.89. The van der Waals surface area contributed by atoms with Crippen LogP contribution in [0.15, 0.2) is 30.3 Å². The molecule has 1 aromatic carbocycles. The van der Waals surface area contributed by atoms with Gasteiger partial charge in [0, 0.05) is 19.1 Å². The van der Waals surface area contributed by atoms with Gasteiger partial charge < -0.3 is 20.1 Å². The van der Waals surface area contributed by atoms with Gasteiger partial charge in [-0.25, -0.2) is 0 Å². The van der Waals surface area contributed by atoms with Crippen molar-refractivity contribution >= 4 is 11.8 Å². The van der Waals surface area contributed by atoms with Crippen LogP contribution < -0.4 is 10.6 Å². The molecule has 0 radical (unpaired) electrons. The lowest BCUT2D eigenvalue weighted by Gasteiger charge is -2.21. The molecule has 1 saturated carbocycles. The first-order chi connectivity index (χ1) is 12.1. The maximum atomic E-state index is 12.5. The molecule has 0 aliphatic heterocycles. The standard InChI is InChI=1S/C19H28N2O4/c1-3-24-11-12-25-14(2)18(22)21-17(19(23)20-16-9-10-16)13-15-7-5-4-6-8-15/h4-8,14,16-17H,3,9-13H2,1-2H3,(H,20,23)(H,21,22)/t14-,17+/m0/s1. The van der Waals surface area contributed by atoms with Gasteiger partial charge >= 0.3 is 0 Å². The van der Waals surface area contributed by atoms with E-state index < -0.39 is 12.1 Å². The van der Waals surface area contributed by atoms with E-state index in [1.807, 2.05) is 37.3 Å². The van der Waals surface area contributed by atoms with E-state index in [0.29, 0.717) is 26.2 Å². The molecule has 0 aromatic heterocycles. The number of hydrogen-bond acceptors (Lipinski definition) is 4. The molecule has 25 heavy (non-hydrogen) atoms. The van der Waals surface area contributed by atoms with Crippen molar-refractivity contribution in [3.63, 3.8) is 0 Å². The zero-order valence-corrected chi connectivity index (χ0v) is 15.0. The first kappa shape index (κ1) is 19.4. The zero-order chi connectivity index (χ0) is 18.1. The second-order valence-corrected chi connectivity index (χ2v) is 6.24.